The second-order valence-corrected chi connectivity index (χ2v) is 6.78. The number of nitrogens with one attached hydrogen (secondary N) is 1. The zero-order chi connectivity index (χ0) is 16.7. The summed E-state index contributed by atoms with van der Waals surface area (Å²) in [6.07, 6.45) is 5.96. The number of nitrogens with zero attached hydrogens (tertiary/aromatic N) is 1. The van der Waals surface area contributed by atoms with Crippen LogP contribution in [0.15, 0.2) is 24.3 Å². The molecule has 128 valence electrons. The highest BCUT2D eigenvalue weighted by atomic mass is 35.5. The van der Waals surface area contributed by atoms with Crippen molar-refractivity contribution in [3.05, 3.63) is 34.9 Å². The minimum Gasteiger partial charge on any atom is -0.396 e. The van der Waals surface area contributed by atoms with E-state index in [2.05, 4.69) is 5.32 Å². The van der Waals surface area contributed by atoms with Gasteiger partial charge in [0.25, 0.3) is 0 Å². The van der Waals surface area contributed by atoms with Crippen LogP contribution in [0.2, 0.25) is 5.02 Å². The minimum atomic E-state index is -0.0257. The zero-order valence-electron chi connectivity index (χ0n) is 13.8. The van der Waals surface area contributed by atoms with Gasteiger partial charge in [-0.15, -0.1) is 0 Å². The lowest BCUT2D eigenvalue weighted by atomic mass is 10.1. The number of hydrogen-bond acceptors (Lipinski definition) is 2. The number of aliphatic hydroxyl groups excluding tert-OH is 1. The Balaban J connectivity index is 2.04. The third-order valence-corrected chi connectivity index (χ3v) is 4.86. The van der Waals surface area contributed by atoms with Crippen LogP contribution in [0.25, 0.3) is 0 Å². The van der Waals surface area contributed by atoms with E-state index in [4.69, 9.17) is 16.7 Å². The molecule has 1 unspecified atom stereocenters. The second kappa shape index (κ2) is 9.14. The fourth-order valence-corrected chi connectivity index (χ4v) is 3.35. The van der Waals surface area contributed by atoms with Crippen LogP contribution in [0.3, 0.4) is 0 Å². The molecule has 1 aliphatic rings. The summed E-state index contributed by atoms with van der Waals surface area (Å²) in [5.74, 6) is 0. The molecule has 23 heavy (non-hydrogen) atoms. The third kappa shape index (κ3) is 5.40. The Labute approximate surface area is 143 Å². The molecule has 0 heterocycles. The summed E-state index contributed by atoms with van der Waals surface area (Å²) in [5, 5.41) is 12.7. The molecule has 5 heteroatoms. The summed E-state index contributed by atoms with van der Waals surface area (Å²) >= 11 is 6.27. The van der Waals surface area contributed by atoms with Crippen molar-refractivity contribution in [3.63, 3.8) is 0 Å². The molecule has 1 saturated carbocycles. The first-order chi connectivity index (χ1) is 11.1. The molecule has 1 aromatic carbocycles. The highest BCUT2D eigenvalue weighted by molar-refractivity contribution is 6.31. The molecule has 0 spiro atoms. The maximum Gasteiger partial charge on any atom is 0.318 e. The monoisotopic (exact) mass is 338 g/mol. The van der Waals surface area contributed by atoms with Crippen LogP contribution in [0.5, 0.6) is 0 Å². The van der Waals surface area contributed by atoms with Gasteiger partial charge in [-0.1, -0.05) is 42.6 Å². The van der Waals surface area contributed by atoms with Gasteiger partial charge in [0, 0.05) is 30.3 Å². The maximum absolute atomic E-state index is 12.7. The van der Waals surface area contributed by atoms with Crippen LogP contribution in [0, 0.1) is 0 Å². The predicted octanol–water partition coefficient (Wildman–Crippen LogP) is 3.96. The topological polar surface area (TPSA) is 52.6 Å². The first-order valence-electron chi connectivity index (χ1n) is 8.53. The molecule has 0 aliphatic heterocycles. The lowest BCUT2D eigenvalue weighted by Gasteiger charge is -2.31. The van der Waals surface area contributed by atoms with Crippen LogP contribution in [-0.4, -0.2) is 34.7 Å². The van der Waals surface area contributed by atoms with E-state index < -0.39 is 0 Å². The molecule has 4 nitrogen and oxygen atoms in total. The average Bonchev–Trinajstić information content (AvgIpc) is 3.06. The summed E-state index contributed by atoms with van der Waals surface area (Å²) in [4.78, 5) is 14.7. The van der Waals surface area contributed by atoms with E-state index >= 15 is 0 Å². The van der Waals surface area contributed by atoms with E-state index in [0.29, 0.717) is 18.0 Å². The van der Waals surface area contributed by atoms with Crippen molar-refractivity contribution in [1.82, 2.24) is 10.2 Å². The third-order valence-electron chi connectivity index (χ3n) is 4.49. The molecule has 1 fully saturated rings. The van der Waals surface area contributed by atoms with Crippen molar-refractivity contribution < 1.29 is 9.90 Å². The molecular weight excluding hydrogens is 312 g/mol. The average molecular weight is 339 g/mol. The van der Waals surface area contributed by atoms with Gasteiger partial charge in [0.15, 0.2) is 0 Å². The Kier molecular flexibility index (Phi) is 7.18. The molecule has 2 rings (SSSR count). The molecule has 0 aromatic heterocycles. The Morgan fingerprint density at radius 1 is 1.39 bits per heavy atom. The second-order valence-electron chi connectivity index (χ2n) is 6.37. The van der Waals surface area contributed by atoms with Gasteiger partial charge >= 0.3 is 6.03 Å². The van der Waals surface area contributed by atoms with Crippen molar-refractivity contribution >= 4 is 17.6 Å². The highest BCUT2D eigenvalue weighted by Gasteiger charge is 2.27. The Bertz CT molecular complexity index is 504. The maximum atomic E-state index is 12.7. The highest BCUT2D eigenvalue weighted by Crippen LogP contribution is 2.27. The predicted molar refractivity (Wildman–Crippen MR) is 93.6 cm³/mol. The molecule has 0 bridgehead atoms. The zero-order valence-corrected chi connectivity index (χ0v) is 14.6. The van der Waals surface area contributed by atoms with E-state index in [-0.39, 0.29) is 24.7 Å². The van der Waals surface area contributed by atoms with Gasteiger partial charge in [-0.2, -0.15) is 0 Å². The number of urea groups is 1. The molecule has 1 aromatic rings. The largest absolute Gasteiger partial charge is 0.396 e. The number of carbonyl (C=O) groups is 1. The van der Waals surface area contributed by atoms with Gasteiger partial charge in [-0.25, -0.2) is 4.79 Å². The van der Waals surface area contributed by atoms with Crippen LogP contribution >= 0.6 is 11.6 Å². The van der Waals surface area contributed by atoms with Crippen molar-refractivity contribution in [2.75, 3.05) is 6.61 Å². The van der Waals surface area contributed by atoms with Gasteiger partial charge in [0.2, 0.25) is 0 Å². The summed E-state index contributed by atoms with van der Waals surface area (Å²) in [6, 6.07) is 8.03. The Hall–Kier alpha value is -1.26. The van der Waals surface area contributed by atoms with E-state index in [1.54, 1.807) is 0 Å². The molecule has 0 radical (unpaired) electrons. The summed E-state index contributed by atoms with van der Waals surface area (Å²) in [6.45, 7) is 2.69. The number of rotatable bonds is 7. The lowest BCUT2D eigenvalue weighted by molar-refractivity contribution is 0.166. The lowest BCUT2D eigenvalue weighted by Crippen LogP contribution is -2.47. The van der Waals surface area contributed by atoms with Crippen molar-refractivity contribution in [1.29, 1.82) is 0 Å². The summed E-state index contributed by atoms with van der Waals surface area (Å²) in [7, 11) is 0. The number of carbonyl (C=O) groups excluding carboxylic acids is 1. The Morgan fingerprint density at radius 2 is 2.09 bits per heavy atom. The molecule has 2 N–H and O–H groups in total. The number of hydrogen-bond donors (Lipinski definition) is 2. The number of halogens is 1. The quantitative estimate of drug-likeness (QED) is 0.790. The molecule has 1 aliphatic carbocycles. The van der Waals surface area contributed by atoms with E-state index in [1.165, 1.54) is 12.8 Å². The molecular formula is C18H27ClN2O2. The van der Waals surface area contributed by atoms with Crippen LogP contribution in [0.1, 0.15) is 51.0 Å². The van der Waals surface area contributed by atoms with Gasteiger partial charge in [-0.3, -0.25) is 0 Å². The van der Waals surface area contributed by atoms with Gasteiger partial charge < -0.3 is 15.3 Å². The van der Waals surface area contributed by atoms with E-state index in [1.807, 2.05) is 36.1 Å². The van der Waals surface area contributed by atoms with Gasteiger partial charge in [0.1, 0.15) is 0 Å². The van der Waals surface area contributed by atoms with Crippen molar-refractivity contribution in [2.45, 2.75) is 64.1 Å². The fraction of sp³-hybridized carbons (Fsp3) is 0.611. The molecule has 2 amide bonds. The first kappa shape index (κ1) is 18.1. The summed E-state index contributed by atoms with van der Waals surface area (Å²) in [5.41, 5.74) is 0.985. The van der Waals surface area contributed by atoms with Crippen molar-refractivity contribution in [2.24, 2.45) is 0 Å². The number of amides is 2. The van der Waals surface area contributed by atoms with Crippen molar-refractivity contribution in [3.8, 4) is 0 Å². The summed E-state index contributed by atoms with van der Waals surface area (Å²) < 4.78 is 0. The fourth-order valence-electron chi connectivity index (χ4n) is 3.16. The van der Waals surface area contributed by atoms with Gasteiger partial charge in [-0.05, 0) is 44.2 Å². The number of aliphatic hydroxyl groups is 1. The first-order valence-corrected chi connectivity index (χ1v) is 8.91. The SMILES string of the molecule is CC(CCCO)NC(=O)N(Cc1ccccc1Cl)C1CCCC1. The standard InChI is InChI=1S/C18H27ClN2O2/c1-14(7-6-12-22)20-18(23)21(16-9-3-4-10-16)13-15-8-2-5-11-17(15)19/h2,5,8,11,14,16,22H,3-4,6-7,9-10,12-13H2,1H3,(H,20,23). The molecule has 1 atom stereocenters. The number of benzene rings is 1. The van der Waals surface area contributed by atoms with Crippen LogP contribution in [0.4, 0.5) is 4.79 Å². The van der Waals surface area contributed by atoms with Gasteiger partial charge in [0.05, 0.1) is 0 Å². The smallest absolute Gasteiger partial charge is 0.318 e. The Morgan fingerprint density at radius 3 is 2.74 bits per heavy atom. The van der Waals surface area contributed by atoms with Crippen LogP contribution in [-0.2, 0) is 6.54 Å². The van der Waals surface area contributed by atoms with E-state index in [9.17, 15) is 4.79 Å². The van der Waals surface area contributed by atoms with E-state index in [0.717, 1.165) is 24.8 Å². The minimum absolute atomic E-state index is 0.0257. The normalized spacial score (nSPS) is 16.3. The van der Waals surface area contributed by atoms with Crippen LogP contribution < -0.4 is 5.32 Å². The molecule has 0 saturated heterocycles.